The summed E-state index contributed by atoms with van der Waals surface area (Å²) < 4.78 is 29.8. The quantitative estimate of drug-likeness (QED) is 0.228. The predicted molar refractivity (Wildman–Crippen MR) is 170 cm³/mol. The number of nitrogens with zero attached hydrogens (tertiary/aromatic N) is 2. The van der Waals surface area contributed by atoms with Crippen LogP contribution in [0.2, 0.25) is 0 Å². The zero-order valence-corrected chi connectivity index (χ0v) is 26.2. The van der Waals surface area contributed by atoms with Gasteiger partial charge in [0.05, 0.1) is 10.6 Å². The molecular weight excluding hydrogens is 614 g/mol. The van der Waals surface area contributed by atoms with Gasteiger partial charge in [0.15, 0.2) is 0 Å². The average molecular weight is 649 g/mol. The van der Waals surface area contributed by atoms with Crippen molar-refractivity contribution in [2.24, 2.45) is 0 Å². The molecule has 0 aliphatic rings. The number of rotatable bonds is 11. The third-order valence-electron chi connectivity index (χ3n) is 6.94. The van der Waals surface area contributed by atoms with Crippen molar-refractivity contribution >= 4 is 43.5 Å². The van der Waals surface area contributed by atoms with Crippen LogP contribution < -0.4 is 9.62 Å². The number of sulfonamides is 1. The number of hydrogen-bond acceptors (Lipinski definition) is 4. The van der Waals surface area contributed by atoms with Crippen molar-refractivity contribution in [1.82, 2.24) is 10.2 Å². The molecule has 2 amide bonds. The fourth-order valence-corrected chi connectivity index (χ4v) is 6.52. The Kier molecular flexibility index (Phi) is 10.2. The highest BCUT2D eigenvalue weighted by molar-refractivity contribution is 9.10. The fraction of sp³-hybridized carbons (Fsp3) is 0.212. The van der Waals surface area contributed by atoms with Gasteiger partial charge in [0.2, 0.25) is 11.8 Å². The molecule has 218 valence electrons. The lowest BCUT2D eigenvalue weighted by atomic mass is 10.0. The third kappa shape index (κ3) is 7.66. The maximum Gasteiger partial charge on any atom is 0.264 e. The van der Waals surface area contributed by atoms with Crippen molar-refractivity contribution in [3.05, 3.63) is 130 Å². The van der Waals surface area contributed by atoms with Gasteiger partial charge in [-0.15, -0.1) is 0 Å². The van der Waals surface area contributed by atoms with E-state index >= 15 is 0 Å². The number of aryl methyl sites for hydroxylation is 2. The SMILES string of the molecule is CNC(=O)[C@@H](Cc1ccccc1)N(Cc1cccc(C)c1)C(=O)CN(c1cccc(Br)c1)S(=O)(=O)c1ccc(C)cc1. The van der Waals surface area contributed by atoms with Crippen LogP contribution in [0.15, 0.2) is 112 Å². The minimum absolute atomic E-state index is 0.0678. The Labute approximate surface area is 256 Å². The van der Waals surface area contributed by atoms with Crippen LogP contribution >= 0.6 is 15.9 Å². The minimum Gasteiger partial charge on any atom is -0.357 e. The molecule has 0 fully saturated rings. The molecule has 1 N–H and O–H groups in total. The number of carbonyl (C=O) groups excluding carboxylic acids is 2. The van der Waals surface area contributed by atoms with Gasteiger partial charge >= 0.3 is 0 Å². The summed E-state index contributed by atoms with van der Waals surface area (Å²) in [7, 11) is -2.61. The number of amides is 2. The number of anilines is 1. The first kappa shape index (κ1) is 31.0. The molecule has 0 bridgehead atoms. The summed E-state index contributed by atoms with van der Waals surface area (Å²) >= 11 is 3.43. The normalized spacial score (nSPS) is 11.9. The molecule has 0 aromatic heterocycles. The van der Waals surface area contributed by atoms with Crippen molar-refractivity contribution in [1.29, 1.82) is 0 Å². The molecule has 0 heterocycles. The van der Waals surface area contributed by atoms with E-state index in [0.29, 0.717) is 10.2 Å². The predicted octanol–water partition coefficient (Wildman–Crippen LogP) is 5.65. The molecule has 0 radical (unpaired) electrons. The van der Waals surface area contributed by atoms with Crippen molar-refractivity contribution in [2.75, 3.05) is 17.9 Å². The maximum atomic E-state index is 14.3. The van der Waals surface area contributed by atoms with E-state index in [4.69, 9.17) is 0 Å². The molecule has 4 rings (SSSR count). The molecule has 0 spiro atoms. The average Bonchev–Trinajstić information content (AvgIpc) is 2.98. The van der Waals surface area contributed by atoms with Gasteiger partial charge in [-0.1, -0.05) is 99.9 Å². The lowest BCUT2D eigenvalue weighted by Crippen LogP contribution is -2.53. The summed E-state index contributed by atoms with van der Waals surface area (Å²) in [4.78, 5) is 29.2. The van der Waals surface area contributed by atoms with Gasteiger partial charge < -0.3 is 10.2 Å². The van der Waals surface area contributed by atoms with Crippen molar-refractivity contribution < 1.29 is 18.0 Å². The van der Waals surface area contributed by atoms with E-state index in [0.717, 1.165) is 26.6 Å². The molecule has 0 aliphatic heterocycles. The molecule has 0 unspecified atom stereocenters. The number of benzene rings is 4. The summed E-state index contributed by atoms with van der Waals surface area (Å²) in [6.07, 6.45) is 0.264. The van der Waals surface area contributed by atoms with Crippen LogP contribution in [0.5, 0.6) is 0 Å². The number of carbonyl (C=O) groups is 2. The molecule has 0 saturated carbocycles. The van der Waals surface area contributed by atoms with E-state index in [2.05, 4.69) is 21.2 Å². The summed E-state index contributed by atoms with van der Waals surface area (Å²) in [5, 5.41) is 2.70. The van der Waals surface area contributed by atoms with Crippen LogP contribution in [0.1, 0.15) is 22.3 Å². The van der Waals surface area contributed by atoms with Gasteiger partial charge in [-0.2, -0.15) is 0 Å². The number of likely N-dealkylation sites (N-methyl/N-ethyl adjacent to an activating group) is 1. The zero-order valence-electron chi connectivity index (χ0n) is 23.8. The van der Waals surface area contributed by atoms with Crippen LogP contribution in [0.25, 0.3) is 0 Å². The smallest absolute Gasteiger partial charge is 0.264 e. The molecule has 4 aromatic rings. The largest absolute Gasteiger partial charge is 0.357 e. The highest BCUT2D eigenvalue weighted by Gasteiger charge is 2.34. The van der Waals surface area contributed by atoms with Gasteiger partial charge in [0.1, 0.15) is 12.6 Å². The summed E-state index contributed by atoms with van der Waals surface area (Å²) in [5.41, 5.74) is 3.97. The topological polar surface area (TPSA) is 86.8 Å². The second-order valence-electron chi connectivity index (χ2n) is 10.1. The Morgan fingerprint density at radius 2 is 1.48 bits per heavy atom. The minimum atomic E-state index is -4.14. The van der Waals surface area contributed by atoms with Crippen LogP contribution in [0.3, 0.4) is 0 Å². The molecule has 9 heteroatoms. The summed E-state index contributed by atoms with van der Waals surface area (Å²) in [6, 6.07) is 29.6. The van der Waals surface area contributed by atoms with Gasteiger partial charge in [-0.25, -0.2) is 8.42 Å². The van der Waals surface area contributed by atoms with E-state index in [1.165, 1.54) is 24.1 Å². The third-order valence-corrected chi connectivity index (χ3v) is 9.22. The molecule has 4 aromatic carbocycles. The van der Waals surface area contributed by atoms with Crippen LogP contribution in [-0.4, -0.2) is 44.8 Å². The van der Waals surface area contributed by atoms with Gasteiger partial charge in [0.25, 0.3) is 10.0 Å². The first-order valence-corrected chi connectivity index (χ1v) is 15.8. The molecule has 1 atom stereocenters. The lowest BCUT2D eigenvalue weighted by Gasteiger charge is -2.33. The Morgan fingerprint density at radius 1 is 0.810 bits per heavy atom. The Balaban J connectivity index is 1.79. The van der Waals surface area contributed by atoms with E-state index in [9.17, 15) is 18.0 Å². The first-order valence-electron chi connectivity index (χ1n) is 13.5. The Bertz CT molecular complexity index is 1640. The van der Waals surface area contributed by atoms with E-state index in [1.54, 1.807) is 36.4 Å². The Morgan fingerprint density at radius 3 is 2.12 bits per heavy atom. The van der Waals surface area contributed by atoms with Crippen LogP contribution in [-0.2, 0) is 32.6 Å². The molecule has 42 heavy (non-hydrogen) atoms. The maximum absolute atomic E-state index is 14.3. The highest BCUT2D eigenvalue weighted by Crippen LogP contribution is 2.27. The van der Waals surface area contributed by atoms with Crippen molar-refractivity contribution in [3.8, 4) is 0 Å². The number of halogens is 1. The second-order valence-corrected chi connectivity index (χ2v) is 12.9. The highest BCUT2D eigenvalue weighted by atomic mass is 79.9. The van der Waals surface area contributed by atoms with Gasteiger partial charge in [-0.05, 0) is 55.3 Å². The van der Waals surface area contributed by atoms with E-state index in [-0.39, 0.29) is 23.8 Å². The van der Waals surface area contributed by atoms with Crippen LogP contribution in [0.4, 0.5) is 5.69 Å². The molecule has 7 nitrogen and oxygen atoms in total. The van der Waals surface area contributed by atoms with Crippen LogP contribution in [0, 0.1) is 13.8 Å². The van der Waals surface area contributed by atoms with E-state index in [1.807, 2.05) is 68.4 Å². The fourth-order valence-electron chi connectivity index (χ4n) is 4.73. The first-order chi connectivity index (χ1) is 20.1. The molecular formula is C33H34BrN3O4S. The summed E-state index contributed by atoms with van der Waals surface area (Å²) in [5.74, 6) is -0.841. The van der Waals surface area contributed by atoms with Gasteiger partial charge in [-0.3, -0.25) is 13.9 Å². The molecule has 0 saturated heterocycles. The van der Waals surface area contributed by atoms with Crippen molar-refractivity contribution in [2.45, 2.75) is 37.8 Å². The lowest BCUT2D eigenvalue weighted by molar-refractivity contribution is -0.139. The Hall–Kier alpha value is -3.95. The monoisotopic (exact) mass is 647 g/mol. The van der Waals surface area contributed by atoms with Crippen molar-refractivity contribution in [3.63, 3.8) is 0 Å². The standard InChI is InChI=1S/C33H34BrN3O4S/c1-24-15-17-30(18-16-24)42(40,41)37(29-14-8-13-28(34)21-29)23-32(38)36(22-27-12-7-9-25(2)19-27)31(33(39)35-3)20-26-10-5-4-6-11-26/h4-19,21,31H,20,22-23H2,1-3H3,(H,35,39)/t31-/m1/s1. The molecule has 0 aliphatic carbocycles. The zero-order chi connectivity index (χ0) is 30.3. The summed E-state index contributed by atoms with van der Waals surface area (Å²) in [6.45, 7) is 3.46. The van der Waals surface area contributed by atoms with E-state index < -0.39 is 28.5 Å². The number of nitrogens with one attached hydrogen (secondary N) is 1. The number of hydrogen-bond donors (Lipinski definition) is 1. The van der Waals surface area contributed by atoms with Gasteiger partial charge in [0, 0.05) is 24.5 Å². The second kappa shape index (κ2) is 13.8.